The zero-order valence-electron chi connectivity index (χ0n) is 20.1. The molecule has 1 aliphatic heterocycles. The molecule has 2 aliphatic rings. The molecule has 36 heavy (non-hydrogen) atoms. The predicted octanol–water partition coefficient (Wildman–Crippen LogP) is 2.72. The number of likely N-dealkylation sites (N-methyl/N-ethyl adjacent to an activating group) is 1. The smallest absolute Gasteiger partial charge is 0.241 e. The van der Waals surface area contributed by atoms with E-state index in [1.165, 1.54) is 7.11 Å². The molecule has 2 fully saturated rings. The van der Waals surface area contributed by atoms with Gasteiger partial charge in [0.25, 0.3) is 0 Å². The van der Waals surface area contributed by atoms with Crippen molar-refractivity contribution < 1.29 is 14.3 Å². The van der Waals surface area contributed by atoms with Crippen molar-refractivity contribution in [2.24, 2.45) is 11.8 Å². The Bertz CT molecular complexity index is 1380. The van der Waals surface area contributed by atoms with Crippen LogP contribution in [0.15, 0.2) is 29.0 Å². The summed E-state index contributed by atoms with van der Waals surface area (Å²) in [6.45, 7) is 1.36. The van der Waals surface area contributed by atoms with Crippen LogP contribution in [0.2, 0.25) is 0 Å². The minimum absolute atomic E-state index is 0.00706. The SMILES string of the molecule is COc1ccc(-n2nc(Br)c3cnc(C[C@@H]4CC[C@@H](C(=O)N5CCN(C)C(=O)C5)C4)nc32)cc1C#N. The van der Waals surface area contributed by atoms with E-state index in [-0.39, 0.29) is 24.3 Å². The summed E-state index contributed by atoms with van der Waals surface area (Å²) in [5, 5.41) is 14.8. The molecule has 3 aromatic rings. The Labute approximate surface area is 217 Å². The Kier molecular flexibility index (Phi) is 6.62. The van der Waals surface area contributed by atoms with Crippen molar-refractivity contribution in [1.82, 2.24) is 29.5 Å². The van der Waals surface area contributed by atoms with Gasteiger partial charge in [-0.05, 0) is 59.3 Å². The molecule has 1 saturated heterocycles. The third kappa shape index (κ3) is 4.53. The van der Waals surface area contributed by atoms with Crippen LogP contribution in [0.4, 0.5) is 0 Å². The van der Waals surface area contributed by atoms with Gasteiger partial charge in [-0.25, -0.2) is 14.6 Å². The lowest BCUT2D eigenvalue weighted by Crippen LogP contribution is -2.51. The molecule has 0 radical (unpaired) electrons. The maximum atomic E-state index is 13.0. The molecule has 1 aromatic carbocycles. The summed E-state index contributed by atoms with van der Waals surface area (Å²) in [6.07, 6.45) is 4.93. The molecule has 5 rings (SSSR count). The van der Waals surface area contributed by atoms with Gasteiger partial charge in [-0.1, -0.05) is 0 Å². The number of nitriles is 1. The summed E-state index contributed by atoms with van der Waals surface area (Å²) < 4.78 is 7.56. The first-order valence-corrected chi connectivity index (χ1v) is 12.7. The molecule has 0 spiro atoms. The van der Waals surface area contributed by atoms with Gasteiger partial charge in [0.05, 0.1) is 30.3 Å². The molecule has 2 amide bonds. The zero-order chi connectivity index (χ0) is 25.4. The molecule has 3 heterocycles. The standard InChI is InChI=1S/C25H26BrN7O3/c1-31-7-8-32(14-22(31)34)25(35)16-4-3-15(9-16)10-21-28-13-19-23(26)30-33(24(19)29-21)18-5-6-20(36-2)17(11-18)12-27/h5-6,11,13,15-16H,3-4,7-10,14H2,1-2H3/t15-,16-/m1/s1. The molecule has 10 nitrogen and oxygen atoms in total. The Hall–Kier alpha value is -3.52. The lowest BCUT2D eigenvalue weighted by Gasteiger charge is -2.33. The normalized spacial score (nSPS) is 20.1. The molecular formula is C25H26BrN7O3. The fourth-order valence-electron chi connectivity index (χ4n) is 5.05. The molecule has 1 saturated carbocycles. The minimum Gasteiger partial charge on any atom is -0.495 e. The number of ether oxygens (including phenoxy) is 1. The van der Waals surface area contributed by atoms with Crippen LogP contribution in [-0.4, -0.2) is 75.2 Å². The minimum atomic E-state index is -0.0571. The number of amides is 2. The number of aromatic nitrogens is 4. The number of methoxy groups -OCH3 is 1. The summed E-state index contributed by atoms with van der Waals surface area (Å²) in [5.74, 6) is 1.51. The van der Waals surface area contributed by atoms with E-state index < -0.39 is 0 Å². The van der Waals surface area contributed by atoms with E-state index in [1.807, 2.05) is 6.07 Å². The zero-order valence-corrected chi connectivity index (χ0v) is 21.7. The Morgan fingerprint density at radius 2 is 2.14 bits per heavy atom. The fourth-order valence-corrected chi connectivity index (χ4v) is 5.48. The molecule has 11 heteroatoms. The van der Waals surface area contributed by atoms with Crippen LogP contribution < -0.4 is 4.74 Å². The van der Waals surface area contributed by atoms with Crippen molar-refractivity contribution in [3.8, 4) is 17.5 Å². The summed E-state index contributed by atoms with van der Waals surface area (Å²) >= 11 is 3.49. The highest BCUT2D eigenvalue weighted by Crippen LogP contribution is 2.35. The third-order valence-electron chi connectivity index (χ3n) is 7.11. The van der Waals surface area contributed by atoms with Gasteiger partial charge in [-0.3, -0.25) is 9.59 Å². The maximum absolute atomic E-state index is 13.0. The van der Waals surface area contributed by atoms with Gasteiger partial charge in [0, 0.05) is 38.7 Å². The van der Waals surface area contributed by atoms with Crippen molar-refractivity contribution >= 4 is 38.8 Å². The van der Waals surface area contributed by atoms with E-state index in [2.05, 4.69) is 32.1 Å². The molecule has 2 atom stereocenters. The molecular weight excluding hydrogens is 526 g/mol. The largest absolute Gasteiger partial charge is 0.495 e. The Balaban J connectivity index is 1.33. The highest BCUT2D eigenvalue weighted by molar-refractivity contribution is 9.10. The van der Waals surface area contributed by atoms with E-state index in [0.717, 1.165) is 24.6 Å². The number of nitrogens with zero attached hydrogens (tertiary/aromatic N) is 7. The number of hydrogen-bond acceptors (Lipinski definition) is 7. The summed E-state index contributed by atoms with van der Waals surface area (Å²) in [7, 11) is 3.30. The number of carbonyl (C=O) groups is 2. The van der Waals surface area contributed by atoms with Crippen molar-refractivity contribution in [2.75, 3.05) is 33.8 Å². The molecule has 0 unspecified atom stereocenters. The van der Waals surface area contributed by atoms with E-state index in [9.17, 15) is 14.9 Å². The van der Waals surface area contributed by atoms with E-state index >= 15 is 0 Å². The van der Waals surface area contributed by atoms with Crippen molar-refractivity contribution in [2.45, 2.75) is 25.7 Å². The fraction of sp³-hybridized carbons (Fsp3) is 0.440. The van der Waals surface area contributed by atoms with Crippen LogP contribution in [0.5, 0.6) is 5.75 Å². The van der Waals surface area contributed by atoms with Gasteiger partial charge in [-0.15, -0.1) is 0 Å². The molecule has 0 bridgehead atoms. The van der Waals surface area contributed by atoms with E-state index in [0.29, 0.717) is 58.5 Å². The number of benzene rings is 1. The van der Waals surface area contributed by atoms with Crippen LogP contribution >= 0.6 is 15.9 Å². The van der Waals surface area contributed by atoms with Crippen LogP contribution in [0.25, 0.3) is 16.7 Å². The van der Waals surface area contributed by atoms with Crippen LogP contribution in [-0.2, 0) is 16.0 Å². The molecule has 1 aliphatic carbocycles. The van der Waals surface area contributed by atoms with Crippen LogP contribution in [0, 0.1) is 23.2 Å². The average Bonchev–Trinajstić information content (AvgIpc) is 3.49. The van der Waals surface area contributed by atoms with Crippen molar-refractivity contribution in [1.29, 1.82) is 5.26 Å². The Morgan fingerprint density at radius 3 is 2.89 bits per heavy atom. The Morgan fingerprint density at radius 1 is 1.31 bits per heavy atom. The second-order valence-corrected chi connectivity index (χ2v) is 10.1. The maximum Gasteiger partial charge on any atom is 0.241 e. The number of piperazine rings is 1. The first-order valence-electron chi connectivity index (χ1n) is 11.9. The van der Waals surface area contributed by atoms with Crippen LogP contribution in [0.1, 0.15) is 30.7 Å². The topological polar surface area (TPSA) is 117 Å². The second kappa shape index (κ2) is 9.85. The van der Waals surface area contributed by atoms with Gasteiger partial charge in [0.2, 0.25) is 11.8 Å². The third-order valence-corrected chi connectivity index (χ3v) is 7.69. The number of fused-ring (bicyclic) bond motifs is 1. The highest BCUT2D eigenvalue weighted by Gasteiger charge is 2.35. The highest BCUT2D eigenvalue weighted by atomic mass is 79.9. The van der Waals surface area contributed by atoms with Gasteiger partial charge >= 0.3 is 0 Å². The second-order valence-electron chi connectivity index (χ2n) is 9.38. The average molecular weight is 552 g/mol. The molecule has 2 aromatic heterocycles. The number of hydrogen-bond donors (Lipinski definition) is 0. The van der Waals surface area contributed by atoms with Gasteiger partial charge in [0.15, 0.2) is 5.65 Å². The monoisotopic (exact) mass is 551 g/mol. The van der Waals surface area contributed by atoms with Gasteiger partial charge in [-0.2, -0.15) is 10.4 Å². The number of halogens is 1. The van der Waals surface area contributed by atoms with Gasteiger partial charge < -0.3 is 14.5 Å². The van der Waals surface area contributed by atoms with Crippen molar-refractivity contribution in [3.63, 3.8) is 0 Å². The van der Waals surface area contributed by atoms with Crippen molar-refractivity contribution in [3.05, 3.63) is 40.4 Å². The molecule has 0 N–H and O–H groups in total. The molecule has 186 valence electrons. The van der Waals surface area contributed by atoms with E-state index in [4.69, 9.17) is 9.72 Å². The predicted molar refractivity (Wildman–Crippen MR) is 134 cm³/mol. The van der Waals surface area contributed by atoms with Gasteiger partial charge in [0.1, 0.15) is 22.2 Å². The summed E-state index contributed by atoms with van der Waals surface area (Å²) in [4.78, 5) is 37.8. The number of rotatable bonds is 5. The summed E-state index contributed by atoms with van der Waals surface area (Å²) in [5.41, 5.74) is 1.75. The van der Waals surface area contributed by atoms with Crippen LogP contribution in [0.3, 0.4) is 0 Å². The first-order chi connectivity index (χ1) is 17.4. The van der Waals surface area contributed by atoms with E-state index in [1.54, 1.807) is 39.9 Å². The number of carbonyl (C=O) groups excluding carboxylic acids is 2. The lowest BCUT2D eigenvalue weighted by molar-refractivity contribution is -0.146. The first kappa shape index (κ1) is 24.2. The summed E-state index contributed by atoms with van der Waals surface area (Å²) in [6, 6.07) is 7.44. The quantitative estimate of drug-likeness (QED) is 0.478. The lowest BCUT2D eigenvalue weighted by atomic mass is 10.00.